The van der Waals surface area contributed by atoms with Gasteiger partial charge in [0, 0.05) is 30.9 Å². The molecule has 3 fully saturated rings. The normalized spacial score (nSPS) is 24.1. The molecule has 2 atom stereocenters. The molecule has 34 heavy (non-hydrogen) atoms. The molecule has 0 spiro atoms. The summed E-state index contributed by atoms with van der Waals surface area (Å²) in [5, 5.41) is 2.23. The van der Waals surface area contributed by atoms with Crippen LogP contribution in [-0.2, 0) is 6.42 Å². The van der Waals surface area contributed by atoms with Crippen molar-refractivity contribution in [2.45, 2.75) is 57.2 Å². The molecule has 1 aromatic carbocycles. The van der Waals surface area contributed by atoms with E-state index in [1.165, 1.54) is 0 Å². The highest BCUT2D eigenvalue weighted by Crippen LogP contribution is 2.52. The summed E-state index contributed by atoms with van der Waals surface area (Å²) in [5.74, 6) is -3.08. The minimum absolute atomic E-state index is 0.0696. The lowest BCUT2D eigenvalue weighted by Gasteiger charge is -2.24. The number of nitrogens with zero attached hydrogens (tertiary/aromatic N) is 2. The average Bonchev–Trinajstić information content (AvgIpc) is 3.17. The van der Waals surface area contributed by atoms with Gasteiger partial charge >= 0.3 is 6.18 Å². The second kappa shape index (κ2) is 8.74. The van der Waals surface area contributed by atoms with Crippen LogP contribution in [-0.4, -0.2) is 36.3 Å². The van der Waals surface area contributed by atoms with E-state index in [1.54, 1.807) is 4.90 Å². The molecule has 2 aliphatic carbocycles. The van der Waals surface area contributed by atoms with E-state index < -0.39 is 47.3 Å². The van der Waals surface area contributed by atoms with E-state index in [1.807, 2.05) is 0 Å². The fourth-order valence-electron chi connectivity index (χ4n) is 4.90. The Hall–Kier alpha value is -2.85. The number of rotatable bonds is 6. The van der Waals surface area contributed by atoms with E-state index in [-0.39, 0.29) is 17.8 Å². The van der Waals surface area contributed by atoms with Gasteiger partial charge in [-0.15, -0.1) is 0 Å². The van der Waals surface area contributed by atoms with Crippen LogP contribution in [0.3, 0.4) is 0 Å². The first kappa shape index (κ1) is 22.9. The molecule has 11 heteroatoms. The summed E-state index contributed by atoms with van der Waals surface area (Å²) in [7, 11) is 0. The molecule has 1 aliphatic heterocycles. The number of halogens is 5. The van der Waals surface area contributed by atoms with Crippen LogP contribution in [0.15, 0.2) is 16.5 Å². The van der Waals surface area contributed by atoms with E-state index in [4.69, 9.17) is 9.15 Å². The van der Waals surface area contributed by atoms with Gasteiger partial charge in [0.2, 0.25) is 0 Å². The maximum atomic E-state index is 14.6. The van der Waals surface area contributed by atoms with E-state index in [9.17, 15) is 26.7 Å². The molecule has 2 aromatic rings. The number of hydrogen-bond donors (Lipinski definition) is 1. The van der Waals surface area contributed by atoms with Crippen LogP contribution < -0.4 is 15.0 Å². The first-order chi connectivity index (χ1) is 16.2. The van der Waals surface area contributed by atoms with Gasteiger partial charge in [-0.05, 0) is 50.4 Å². The Bertz CT molecular complexity index is 1050. The van der Waals surface area contributed by atoms with Crippen molar-refractivity contribution in [1.29, 1.82) is 0 Å². The van der Waals surface area contributed by atoms with Gasteiger partial charge in [-0.3, -0.25) is 4.79 Å². The number of amides is 1. The number of carbonyl (C=O) groups excluding carboxylic acids is 1. The third kappa shape index (κ3) is 4.97. The maximum Gasteiger partial charge on any atom is 0.396 e. The van der Waals surface area contributed by atoms with Crippen molar-refractivity contribution in [3.63, 3.8) is 0 Å². The van der Waals surface area contributed by atoms with Crippen molar-refractivity contribution in [3.8, 4) is 5.75 Å². The maximum absolute atomic E-state index is 14.6. The minimum Gasteiger partial charge on any atom is -0.484 e. The number of piperidine rings is 1. The number of ether oxygens (including phenoxy) is 1. The zero-order valence-corrected chi connectivity index (χ0v) is 18.3. The fourth-order valence-corrected chi connectivity index (χ4v) is 4.90. The number of nitrogens with one attached hydrogen (secondary N) is 1. The summed E-state index contributed by atoms with van der Waals surface area (Å²) in [6.07, 6.45) is -1.08. The van der Waals surface area contributed by atoms with Crippen molar-refractivity contribution in [3.05, 3.63) is 35.2 Å². The van der Waals surface area contributed by atoms with Crippen molar-refractivity contribution in [2.24, 2.45) is 11.8 Å². The van der Waals surface area contributed by atoms with Gasteiger partial charge in [0.15, 0.2) is 23.1 Å². The Labute approximate surface area is 192 Å². The molecule has 1 amide bonds. The topological polar surface area (TPSA) is 67.6 Å². The van der Waals surface area contributed by atoms with Crippen LogP contribution in [0.2, 0.25) is 0 Å². The van der Waals surface area contributed by atoms with Gasteiger partial charge in [-0.25, -0.2) is 8.78 Å². The van der Waals surface area contributed by atoms with Crippen LogP contribution in [0.4, 0.5) is 33.7 Å². The summed E-state index contributed by atoms with van der Waals surface area (Å²) in [6.45, 7) is 1.10. The second-order valence-electron chi connectivity index (χ2n) is 9.30. The Morgan fingerprint density at radius 2 is 1.74 bits per heavy atom. The summed E-state index contributed by atoms with van der Waals surface area (Å²) in [6, 6.07) is 1.68. The smallest absolute Gasteiger partial charge is 0.396 e. The molecule has 1 saturated heterocycles. The van der Waals surface area contributed by atoms with Crippen LogP contribution in [0.1, 0.15) is 54.8 Å². The molecule has 3 aliphatic rings. The van der Waals surface area contributed by atoms with Gasteiger partial charge in [0.25, 0.3) is 11.9 Å². The van der Waals surface area contributed by atoms with E-state index in [0.717, 1.165) is 50.7 Å². The number of fused-ring (bicyclic) bond motifs is 1. The molecule has 184 valence electrons. The molecule has 0 bridgehead atoms. The third-order valence-electron chi connectivity index (χ3n) is 6.63. The highest BCUT2D eigenvalue weighted by molar-refractivity contribution is 6.03. The number of aromatic nitrogens is 1. The zero-order chi connectivity index (χ0) is 24.0. The first-order valence-corrected chi connectivity index (χ1v) is 11.4. The number of benzene rings is 1. The SMILES string of the molecule is O=C(Nc1cc(F)c(OC2CC3CC3C2)c(F)c1)c1nc(N2CCCCC2)oc1CC(F)(F)F. The predicted molar refractivity (Wildman–Crippen MR) is 112 cm³/mol. The lowest BCUT2D eigenvalue weighted by molar-refractivity contribution is -0.130. The van der Waals surface area contributed by atoms with Gasteiger partial charge in [-0.2, -0.15) is 18.2 Å². The van der Waals surface area contributed by atoms with E-state index >= 15 is 0 Å². The summed E-state index contributed by atoms with van der Waals surface area (Å²) in [4.78, 5) is 18.4. The molecule has 0 radical (unpaired) electrons. The van der Waals surface area contributed by atoms with Crippen LogP contribution in [0, 0.1) is 23.5 Å². The molecule has 2 heterocycles. The molecule has 1 N–H and O–H groups in total. The Morgan fingerprint density at radius 1 is 1.09 bits per heavy atom. The Morgan fingerprint density at radius 3 is 2.35 bits per heavy atom. The van der Waals surface area contributed by atoms with Crippen molar-refractivity contribution in [2.75, 3.05) is 23.3 Å². The van der Waals surface area contributed by atoms with E-state index in [2.05, 4.69) is 10.3 Å². The number of hydrogen-bond acceptors (Lipinski definition) is 5. The lowest BCUT2D eigenvalue weighted by atomic mass is 10.1. The standard InChI is InChI=1S/C23H24F5N3O3/c24-16-9-14(10-17(25)20(16)33-15-7-12-6-13(12)8-15)29-21(32)19-18(11-23(26,27)28)34-22(30-19)31-4-2-1-3-5-31/h9-10,12-13,15H,1-8,11H2,(H,29,32). The second-order valence-corrected chi connectivity index (χ2v) is 9.30. The average molecular weight is 485 g/mol. The molecule has 2 unspecified atom stereocenters. The van der Waals surface area contributed by atoms with Gasteiger partial charge < -0.3 is 19.4 Å². The largest absolute Gasteiger partial charge is 0.484 e. The Balaban J connectivity index is 1.34. The summed E-state index contributed by atoms with van der Waals surface area (Å²) in [5.41, 5.74) is -0.827. The lowest BCUT2D eigenvalue weighted by Crippen LogP contribution is -2.29. The van der Waals surface area contributed by atoms with Gasteiger partial charge in [0.1, 0.15) is 12.2 Å². The zero-order valence-electron chi connectivity index (χ0n) is 18.3. The number of anilines is 2. The number of carbonyl (C=O) groups is 1. The minimum atomic E-state index is -4.63. The highest BCUT2D eigenvalue weighted by atomic mass is 19.4. The Kier molecular flexibility index (Phi) is 5.89. The first-order valence-electron chi connectivity index (χ1n) is 11.4. The molecular formula is C23H24F5N3O3. The van der Waals surface area contributed by atoms with Crippen LogP contribution in [0.5, 0.6) is 5.75 Å². The molecule has 2 saturated carbocycles. The highest BCUT2D eigenvalue weighted by Gasteiger charge is 2.47. The quantitative estimate of drug-likeness (QED) is 0.549. The van der Waals surface area contributed by atoms with Gasteiger partial charge in [0.05, 0.1) is 6.10 Å². The molecule has 1 aromatic heterocycles. The van der Waals surface area contributed by atoms with Crippen molar-refractivity contribution < 1.29 is 35.9 Å². The fraction of sp³-hybridized carbons (Fsp3) is 0.565. The molecule has 6 nitrogen and oxygen atoms in total. The van der Waals surface area contributed by atoms with Crippen molar-refractivity contribution in [1.82, 2.24) is 4.98 Å². The van der Waals surface area contributed by atoms with Gasteiger partial charge in [-0.1, -0.05) is 0 Å². The van der Waals surface area contributed by atoms with Crippen LogP contribution in [0.25, 0.3) is 0 Å². The molecular weight excluding hydrogens is 461 g/mol. The summed E-state index contributed by atoms with van der Waals surface area (Å²) < 4.78 is 79.1. The molecule has 5 rings (SSSR count). The predicted octanol–water partition coefficient (Wildman–Crippen LogP) is 5.48. The summed E-state index contributed by atoms with van der Waals surface area (Å²) >= 11 is 0. The van der Waals surface area contributed by atoms with E-state index in [0.29, 0.717) is 24.9 Å². The number of alkyl halides is 3. The van der Waals surface area contributed by atoms with Crippen molar-refractivity contribution >= 4 is 17.6 Å². The third-order valence-corrected chi connectivity index (χ3v) is 6.63. The van der Waals surface area contributed by atoms with Crippen LogP contribution >= 0.6 is 0 Å². The monoisotopic (exact) mass is 485 g/mol. The number of oxazole rings is 1.